The fraction of sp³-hybridized carbons (Fsp3) is 0.690. The molecule has 2 saturated heterocycles. The van der Waals surface area contributed by atoms with Gasteiger partial charge in [0.05, 0.1) is 18.7 Å². The minimum absolute atomic E-state index is 0.103. The monoisotopic (exact) mass is 528 g/mol. The van der Waals surface area contributed by atoms with E-state index in [1.165, 1.54) is 12.8 Å². The van der Waals surface area contributed by atoms with E-state index < -0.39 is 5.76 Å². The van der Waals surface area contributed by atoms with Crippen molar-refractivity contribution in [1.29, 1.82) is 0 Å². The summed E-state index contributed by atoms with van der Waals surface area (Å²) in [4.78, 5) is 46.3. The molecule has 1 aromatic carbocycles. The highest BCUT2D eigenvalue weighted by Gasteiger charge is 2.31. The van der Waals surface area contributed by atoms with Crippen LogP contribution in [-0.4, -0.2) is 90.0 Å². The van der Waals surface area contributed by atoms with Gasteiger partial charge in [0.2, 0.25) is 5.91 Å². The van der Waals surface area contributed by atoms with Gasteiger partial charge in [0.25, 0.3) is 0 Å². The third-order valence-electron chi connectivity index (χ3n) is 8.07. The molecule has 1 N–H and O–H groups in total. The number of nitrogens with one attached hydrogen (secondary N) is 1. The van der Waals surface area contributed by atoms with Crippen molar-refractivity contribution < 1.29 is 18.7 Å². The van der Waals surface area contributed by atoms with E-state index in [1.54, 1.807) is 0 Å². The summed E-state index contributed by atoms with van der Waals surface area (Å²) in [5, 5.41) is 0. The van der Waals surface area contributed by atoms with E-state index in [9.17, 15) is 14.4 Å². The van der Waals surface area contributed by atoms with Crippen LogP contribution in [0.1, 0.15) is 63.5 Å². The molecule has 2 fully saturated rings. The first-order valence-corrected chi connectivity index (χ1v) is 14.4. The maximum Gasteiger partial charge on any atom is 0.417 e. The van der Waals surface area contributed by atoms with E-state index in [-0.39, 0.29) is 17.8 Å². The number of oxazole rings is 1. The van der Waals surface area contributed by atoms with E-state index in [2.05, 4.69) is 21.7 Å². The third kappa shape index (κ3) is 7.47. The number of carbonyl (C=O) groups excluding carboxylic acids is 2. The van der Waals surface area contributed by atoms with Crippen molar-refractivity contribution >= 4 is 23.0 Å². The van der Waals surface area contributed by atoms with Gasteiger partial charge in [0.15, 0.2) is 5.58 Å². The number of piperidine rings is 1. The summed E-state index contributed by atoms with van der Waals surface area (Å²) in [6.45, 7) is 12.1. The number of fused-ring (bicyclic) bond motifs is 1. The van der Waals surface area contributed by atoms with Crippen molar-refractivity contribution in [3.05, 3.63) is 33.8 Å². The lowest BCUT2D eigenvalue weighted by atomic mass is 9.97. The average Bonchev–Trinajstić information content (AvgIpc) is 3.29. The Labute approximate surface area is 225 Å². The van der Waals surface area contributed by atoms with Crippen molar-refractivity contribution in [2.75, 3.05) is 52.4 Å². The third-order valence-corrected chi connectivity index (χ3v) is 8.07. The number of rotatable bonds is 11. The Morgan fingerprint density at radius 3 is 2.53 bits per heavy atom. The summed E-state index contributed by atoms with van der Waals surface area (Å²) in [5.41, 5.74) is 3.22. The molecule has 210 valence electrons. The van der Waals surface area contributed by atoms with Gasteiger partial charge in [-0.25, -0.2) is 4.79 Å². The Bertz CT molecular complexity index is 1130. The maximum absolute atomic E-state index is 13.2. The molecule has 2 aromatic rings. The number of piperazine rings is 1. The molecule has 9 nitrogen and oxygen atoms in total. The summed E-state index contributed by atoms with van der Waals surface area (Å²) < 4.78 is 10.6. The Kier molecular flexibility index (Phi) is 10.0. The highest BCUT2D eigenvalue weighted by molar-refractivity contribution is 5.80. The van der Waals surface area contributed by atoms with E-state index >= 15 is 0 Å². The molecule has 0 radical (unpaired) electrons. The van der Waals surface area contributed by atoms with Crippen LogP contribution in [0.5, 0.6) is 0 Å². The zero-order chi connectivity index (χ0) is 27.1. The van der Waals surface area contributed by atoms with Gasteiger partial charge < -0.3 is 14.1 Å². The number of carbonyl (C=O) groups is 2. The molecule has 1 amide bonds. The second kappa shape index (κ2) is 13.4. The lowest BCUT2D eigenvalue weighted by Gasteiger charge is -2.43. The molecule has 1 aromatic heterocycles. The van der Waals surface area contributed by atoms with Crippen LogP contribution in [0.3, 0.4) is 0 Å². The number of H-pyrrole nitrogens is 1. The van der Waals surface area contributed by atoms with E-state index in [0.29, 0.717) is 31.2 Å². The van der Waals surface area contributed by atoms with Crippen molar-refractivity contribution in [2.24, 2.45) is 5.92 Å². The zero-order valence-corrected chi connectivity index (χ0v) is 23.3. The lowest BCUT2D eigenvalue weighted by Crippen LogP contribution is -2.55. The fourth-order valence-corrected chi connectivity index (χ4v) is 5.86. The van der Waals surface area contributed by atoms with E-state index in [0.717, 1.165) is 81.6 Å². The molecule has 1 atom stereocenters. The van der Waals surface area contributed by atoms with Crippen molar-refractivity contribution in [3.8, 4) is 0 Å². The van der Waals surface area contributed by atoms with Gasteiger partial charge in [0, 0.05) is 51.2 Å². The van der Waals surface area contributed by atoms with Gasteiger partial charge in [0.1, 0.15) is 0 Å². The normalized spacial score (nSPS) is 18.7. The SMILES string of the molecule is CCCCCCOC(=O)CN1CCC(N2CCN(C(=O)[C@H](C)Cc3cc(C)c4[nH]c(=O)oc4c3)CC2)CC1. The predicted molar refractivity (Wildman–Crippen MR) is 147 cm³/mol. The first-order chi connectivity index (χ1) is 18.3. The largest absolute Gasteiger partial charge is 0.465 e. The smallest absolute Gasteiger partial charge is 0.417 e. The standard InChI is InChI=1S/C29H44N4O5/c1-4-5-6-7-16-37-26(34)20-31-10-8-24(9-11-31)32-12-14-33(15-13-32)28(35)22(3)18-23-17-21(2)27-25(19-23)38-29(36)30-27/h17,19,22,24H,4-16,18,20H2,1-3H3,(H,30,36)/t22-/m1/s1. The molecule has 3 heterocycles. The zero-order valence-electron chi connectivity index (χ0n) is 23.3. The molecule has 2 aliphatic rings. The van der Waals surface area contributed by atoms with Crippen molar-refractivity contribution in [2.45, 2.75) is 71.8 Å². The summed E-state index contributed by atoms with van der Waals surface area (Å²) in [7, 11) is 0. The average molecular weight is 529 g/mol. The molecule has 4 rings (SSSR count). The number of ether oxygens (including phenoxy) is 1. The first-order valence-electron chi connectivity index (χ1n) is 14.4. The van der Waals surface area contributed by atoms with Crippen LogP contribution in [0.2, 0.25) is 0 Å². The summed E-state index contributed by atoms with van der Waals surface area (Å²) in [5.74, 6) is -0.517. The molecule has 0 aliphatic carbocycles. The van der Waals surface area contributed by atoms with Crippen LogP contribution in [0.25, 0.3) is 11.1 Å². The molecular weight excluding hydrogens is 484 g/mol. The number of likely N-dealkylation sites (tertiary alicyclic amines) is 1. The van der Waals surface area contributed by atoms with Crippen LogP contribution in [0.15, 0.2) is 21.3 Å². The molecular formula is C29H44N4O5. The number of hydrogen-bond donors (Lipinski definition) is 1. The Balaban J connectivity index is 1.17. The topological polar surface area (TPSA) is 99.1 Å². The van der Waals surface area contributed by atoms with Gasteiger partial charge in [-0.05, 0) is 49.8 Å². The Morgan fingerprint density at radius 1 is 1.08 bits per heavy atom. The number of aromatic amines is 1. The number of benzene rings is 1. The molecule has 0 bridgehead atoms. The Hall–Kier alpha value is -2.65. The molecule has 0 spiro atoms. The molecule has 38 heavy (non-hydrogen) atoms. The second-order valence-corrected chi connectivity index (χ2v) is 11.1. The minimum atomic E-state index is -0.455. The quantitative estimate of drug-likeness (QED) is 0.353. The summed E-state index contributed by atoms with van der Waals surface area (Å²) in [6, 6.07) is 4.40. The fourth-order valence-electron chi connectivity index (χ4n) is 5.86. The molecule has 0 unspecified atom stereocenters. The Morgan fingerprint density at radius 2 is 1.82 bits per heavy atom. The molecule has 9 heteroatoms. The number of hydrogen-bond acceptors (Lipinski definition) is 7. The second-order valence-electron chi connectivity index (χ2n) is 11.1. The summed E-state index contributed by atoms with van der Waals surface area (Å²) >= 11 is 0. The lowest BCUT2D eigenvalue weighted by molar-refractivity contribution is -0.145. The van der Waals surface area contributed by atoms with Gasteiger partial charge in [-0.2, -0.15) is 0 Å². The predicted octanol–water partition coefficient (Wildman–Crippen LogP) is 3.34. The number of aromatic nitrogens is 1. The minimum Gasteiger partial charge on any atom is -0.465 e. The number of unbranched alkanes of at least 4 members (excludes halogenated alkanes) is 3. The van der Waals surface area contributed by atoms with Crippen LogP contribution >= 0.6 is 0 Å². The van der Waals surface area contributed by atoms with Gasteiger partial charge in [-0.1, -0.05) is 39.2 Å². The van der Waals surface area contributed by atoms with Gasteiger partial charge in [-0.15, -0.1) is 0 Å². The highest BCUT2D eigenvalue weighted by Crippen LogP contribution is 2.22. The number of aryl methyl sites for hydroxylation is 1. The van der Waals surface area contributed by atoms with Crippen LogP contribution in [0.4, 0.5) is 0 Å². The highest BCUT2D eigenvalue weighted by atomic mass is 16.5. The number of amides is 1. The molecule has 2 aliphatic heterocycles. The first kappa shape index (κ1) is 28.4. The number of nitrogens with zero attached hydrogens (tertiary/aromatic N) is 3. The van der Waals surface area contributed by atoms with E-state index in [4.69, 9.17) is 9.15 Å². The van der Waals surface area contributed by atoms with Crippen molar-refractivity contribution in [3.63, 3.8) is 0 Å². The van der Waals surface area contributed by atoms with Crippen LogP contribution < -0.4 is 5.76 Å². The molecule has 0 saturated carbocycles. The van der Waals surface area contributed by atoms with Gasteiger partial charge in [-0.3, -0.25) is 24.4 Å². The van der Waals surface area contributed by atoms with Crippen LogP contribution in [-0.2, 0) is 20.7 Å². The van der Waals surface area contributed by atoms with Crippen molar-refractivity contribution in [1.82, 2.24) is 19.7 Å². The summed E-state index contributed by atoms with van der Waals surface area (Å²) in [6.07, 6.45) is 7.16. The van der Waals surface area contributed by atoms with E-state index in [1.807, 2.05) is 30.9 Å². The van der Waals surface area contributed by atoms with Crippen LogP contribution in [0, 0.1) is 12.8 Å². The number of esters is 1. The van der Waals surface area contributed by atoms with Gasteiger partial charge >= 0.3 is 11.7 Å². The maximum atomic E-state index is 13.2.